The number of rotatable bonds is 2. The first kappa shape index (κ1) is 11.2. The molecule has 6 heteroatoms. The molecule has 0 amide bonds. The molecule has 0 atom stereocenters. The molecule has 16 heavy (non-hydrogen) atoms. The van der Waals surface area contributed by atoms with Crippen molar-refractivity contribution in [2.75, 3.05) is 7.11 Å². The highest BCUT2D eigenvalue weighted by Crippen LogP contribution is 2.29. The maximum atomic E-state index is 11.3. The van der Waals surface area contributed by atoms with Crippen LogP contribution in [0.3, 0.4) is 0 Å². The minimum Gasteiger partial charge on any atom is -0.465 e. The fourth-order valence-corrected chi connectivity index (χ4v) is 2.54. The Morgan fingerprint density at radius 3 is 3.00 bits per heavy atom. The number of halogens is 1. The summed E-state index contributed by atoms with van der Waals surface area (Å²) in [5.41, 5.74) is 0.725. The molecular weight excluding hydrogens is 292 g/mol. The molecule has 0 spiro atoms. The van der Waals surface area contributed by atoms with E-state index in [0.717, 1.165) is 10.2 Å². The quantitative estimate of drug-likeness (QED) is 0.800. The Bertz CT molecular complexity index is 527. The topological polar surface area (TPSA) is 52.1 Å². The van der Waals surface area contributed by atoms with E-state index in [9.17, 15) is 4.79 Å². The van der Waals surface area contributed by atoms with E-state index in [1.165, 1.54) is 24.6 Å². The molecule has 0 bridgehead atoms. The number of hydrogen-bond donors (Lipinski definition) is 0. The summed E-state index contributed by atoms with van der Waals surface area (Å²) in [6.45, 7) is 0. The third kappa shape index (κ3) is 2.12. The summed E-state index contributed by atoms with van der Waals surface area (Å²) in [7, 11) is 1.35. The lowest BCUT2D eigenvalue weighted by Gasteiger charge is -1.97. The van der Waals surface area contributed by atoms with Crippen molar-refractivity contribution in [3.05, 3.63) is 33.9 Å². The van der Waals surface area contributed by atoms with Crippen molar-refractivity contribution < 1.29 is 9.53 Å². The average Bonchev–Trinajstić information content (AvgIpc) is 2.78. The summed E-state index contributed by atoms with van der Waals surface area (Å²) in [6.07, 6.45) is 3.17. The molecule has 0 aromatic carbocycles. The van der Waals surface area contributed by atoms with Gasteiger partial charge in [-0.15, -0.1) is 11.3 Å². The maximum absolute atomic E-state index is 11.3. The van der Waals surface area contributed by atoms with Crippen LogP contribution in [0, 0.1) is 0 Å². The van der Waals surface area contributed by atoms with E-state index in [4.69, 9.17) is 0 Å². The molecule has 0 N–H and O–H groups in total. The van der Waals surface area contributed by atoms with Crippen LogP contribution in [-0.2, 0) is 4.74 Å². The zero-order valence-corrected chi connectivity index (χ0v) is 10.7. The highest BCUT2D eigenvalue weighted by atomic mass is 79.9. The number of carbonyl (C=O) groups is 1. The molecule has 4 nitrogen and oxygen atoms in total. The van der Waals surface area contributed by atoms with Crippen LogP contribution in [0.5, 0.6) is 0 Å². The van der Waals surface area contributed by atoms with Crippen LogP contribution >= 0.6 is 27.3 Å². The number of hydrogen-bond acceptors (Lipinski definition) is 5. The monoisotopic (exact) mass is 298 g/mol. The van der Waals surface area contributed by atoms with Crippen molar-refractivity contribution in [2.45, 2.75) is 0 Å². The average molecular weight is 299 g/mol. The van der Waals surface area contributed by atoms with Crippen molar-refractivity contribution in [2.24, 2.45) is 0 Å². The number of methoxy groups -OCH3 is 1. The van der Waals surface area contributed by atoms with Gasteiger partial charge in [0.2, 0.25) is 0 Å². The molecule has 2 aromatic heterocycles. The Kier molecular flexibility index (Phi) is 3.31. The van der Waals surface area contributed by atoms with Crippen LogP contribution in [0.25, 0.3) is 10.7 Å². The summed E-state index contributed by atoms with van der Waals surface area (Å²) >= 11 is 4.64. The van der Waals surface area contributed by atoms with Crippen LogP contribution in [0.2, 0.25) is 0 Å². The molecule has 0 radical (unpaired) electrons. The number of esters is 1. The largest absolute Gasteiger partial charge is 0.465 e. The van der Waals surface area contributed by atoms with Crippen molar-refractivity contribution in [1.29, 1.82) is 0 Å². The molecular formula is C10H7BrN2O2S. The third-order valence-electron chi connectivity index (χ3n) is 1.85. The number of thiazole rings is 1. The van der Waals surface area contributed by atoms with Crippen LogP contribution in [0.15, 0.2) is 29.0 Å². The Morgan fingerprint density at radius 2 is 2.31 bits per heavy atom. The van der Waals surface area contributed by atoms with E-state index in [1.54, 1.807) is 6.20 Å². The second kappa shape index (κ2) is 4.71. The fraction of sp³-hybridized carbons (Fsp3) is 0.100. The van der Waals surface area contributed by atoms with E-state index in [0.29, 0.717) is 9.88 Å². The Hall–Kier alpha value is -1.27. The van der Waals surface area contributed by atoms with Gasteiger partial charge < -0.3 is 4.74 Å². The van der Waals surface area contributed by atoms with Crippen LogP contribution < -0.4 is 0 Å². The summed E-state index contributed by atoms with van der Waals surface area (Å²) < 4.78 is 5.46. The smallest absolute Gasteiger partial charge is 0.349 e. The lowest BCUT2D eigenvalue weighted by Crippen LogP contribution is -1.96. The van der Waals surface area contributed by atoms with Gasteiger partial charge in [0.1, 0.15) is 15.6 Å². The number of carbonyl (C=O) groups excluding carboxylic acids is 1. The molecule has 0 aliphatic heterocycles. The van der Waals surface area contributed by atoms with Crippen LogP contribution in [0.4, 0.5) is 0 Å². The molecule has 0 saturated heterocycles. The second-order valence-electron chi connectivity index (χ2n) is 2.86. The van der Waals surface area contributed by atoms with Gasteiger partial charge in [0.25, 0.3) is 0 Å². The van der Waals surface area contributed by atoms with E-state index in [1.807, 2.05) is 12.1 Å². The molecule has 2 aromatic rings. The zero-order chi connectivity index (χ0) is 11.5. The summed E-state index contributed by atoms with van der Waals surface area (Å²) in [5, 5.41) is 0.688. The van der Waals surface area contributed by atoms with Gasteiger partial charge in [-0.2, -0.15) is 0 Å². The first-order valence-corrected chi connectivity index (χ1v) is 5.98. The lowest BCUT2D eigenvalue weighted by atomic mass is 10.4. The summed E-state index contributed by atoms with van der Waals surface area (Å²) in [5.74, 6) is -0.379. The molecule has 0 aliphatic carbocycles. The molecule has 0 aliphatic rings. The van der Waals surface area contributed by atoms with Gasteiger partial charge in [-0.05, 0) is 28.1 Å². The predicted molar refractivity (Wildman–Crippen MR) is 64.4 cm³/mol. The van der Waals surface area contributed by atoms with E-state index in [-0.39, 0.29) is 5.97 Å². The SMILES string of the molecule is COC(=O)c1cnc(-c2ncccc2Br)s1. The van der Waals surface area contributed by atoms with Crippen molar-refractivity contribution >= 4 is 33.2 Å². The standard InChI is InChI=1S/C10H7BrN2O2S/c1-15-10(14)7-5-13-9(16-7)8-6(11)3-2-4-12-8/h2-5H,1H3. The van der Waals surface area contributed by atoms with Crippen molar-refractivity contribution in [3.63, 3.8) is 0 Å². The normalized spacial score (nSPS) is 10.1. The number of aromatic nitrogens is 2. The minimum atomic E-state index is -0.379. The van der Waals surface area contributed by atoms with E-state index in [2.05, 4.69) is 30.6 Å². The van der Waals surface area contributed by atoms with Crippen molar-refractivity contribution in [1.82, 2.24) is 9.97 Å². The van der Waals surface area contributed by atoms with Crippen molar-refractivity contribution in [3.8, 4) is 10.7 Å². The van der Waals surface area contributed by atoms with Crippen LogP contribution in [0.1, 0.15) is 9.67 Å². The fourth-order valence-electron chi connectivity index (χ4n) is 1.12. The zero-order valence-electron chi connectivity index (χ0n) is 8.31. The molecule has 2 rings (SSSR count). The number of pyridine rings is 1. The molecule has 0 saturated carbocycles. The summed E-state index contributed by atoms with van der Waals surface area (Å²) in [4.78, 5) is 20.1. The molecule has 82 valence electrons. The maximum Gasteiger partial charge on any atom is 0.349 e. The van der Waals surface area contributed by atoms with E-state index < -0.39 is 0 Å². The Labute approximate surface area is 104 Å². The molecule has 0 fully saturated rings. The lowest BCUT2D eigenvalue weighted by molar-refractivity contribution is 0.0606. The van der Waals surface area contributed by atoms with Gasteiger partial charge in [0.05, 0.1) is 13.3 Å². The highest BCUT2D eigenvalue weighted by Gasteiger charge is 2.13. The van der Waals surface area contributed by atoms with Gasteiger partial charge in [-0.3, -0.25) is 4.98 Å². The van der Waals surface area contributed by atoms with Gasteiger partial charge in [0.15, 0.2) is 0 Å². The Morgan fingerprint density at radius 1 is 1.50 bits per heavy atom. The van der Waals surface area contributed by atoms with Gasteiger partial charge in [-0.25, -0.2) is 9.78 Å². The minimum absolute atomic E-state index is 0.379. The highest BCUT2D eigenvalue weighted by molar-refractivity contribution is 9.10. The number of ether oxygens (including phenoxy) is 1. The molecule has 0 unspecified atom stereocenters. The Balaban J connectivity index is 2.39. The first-order valence-electron chi connectivity index (χ1n) is 4.37. The number of nitrogens with zero attached hydrogens (tertiary/aromatic N) is 2. The van der Waals surface area contributed by atoms with Crippen LogP contribution in [-0.4, -0.2) is 23.0 Å². The van der Waals surface area contributed by atoms with Gasteiger partial charge in [-0.1, -0.05) is 0 Å². The third-order valence-corrected chi connectivity index (χ3v) is 3.48. The van der Waals surface area contributed by atoms with Gasteiger partial charge >= 0.3 is 5.97 Å². The molecule has 2 heterocycles. The van der Waals surface area contributed by atoms with E-state index >= 15 is 0 Å². The predicted octanol–water partition coefficient (Wildman–Crippen LogP) is 2.75. The second-order valence-corrected chi connectivity index (χ2v) is 4.74. The van der Waals surface area contributed by atoms with Gasteiger partial charge in [0, 0.05) is 10.7 Å². The summed E-state index contributed by atoms with van der Waals surface area (Å²) in [6, 6.07) is 3.70. The first-order chi connectivity index (χ1) is 7.72.